The summed E-state index contributed by atoms with van der Waals surface area (Å²) in [6.07, 6.45) is 6.15. The Hall–Kier alpha value is -1.53. The molecule has 3 nitrogen and oxygen atoms in total. The second-order valence-electron chi connectivity index (χ2n) is 5.16. The van der Waals surface area contributed by atoms with E-state index in [-0.39, 0.29) is 0 Å². The van der Waals surface area contributed by atoms with Gasteiger partial charge in [-0.1, -0.05) is 39.2 Å². The number of methoxy groups -OCH3 is 1. The molecule has 0 aromatic heterocycles. The fraction of sp³-hybridized carbons (Fsp3) is 0.588. The third kappa shape index (κ3) is 5.22. The number of hydrogen-bond donors (Lipinski definition) is 1. The van der Waals surface area contributed by atoms with Gasteiger partial charge < -0.3 is 10.1 Å². The van der Waals surface area contributed by atoms with Crippen LogP contribution in [0.4, 0.5) is 0 Å². The number of nitriles is 1. The van der Waals surface area contributed by atoms with Crippen molar-refractivity contribution in [3.63, 3.8) is 0 Å². The van der Waals surface area contributed by atoms with E-state index < -0.39 is 0 Å². The number of ether oxygens (including phenoxy) is 1. The van der Waals surface area contributed by atoms with Crippen molar-refractivity contribution >= 4 is 0 Å². The minimum atomic E-state index is 0.576. The first-order chi connectivity index (χ1) is 9.74. The van der Waals surface area contributed by atoms with Gasteiger partial charge in [0.05, 0.1) is 12.7 Å². The molecular formula is C17H26N2O. The summed E-state index contributed by atoms with van der Waals surface area (Å²) in [6.45, 7) is 5.26. The number of rotatable bonds is 9. The first kappa shape index (κ1) is 16.5. The van der Waals surface area contributed by atoms with Crippen molar-refractivity contribution in [1.82, 2.24) is 5.32 Å². The lowest BCUT2D eigenvalue weighted by Crippen LogP contribution is -2.28. The largest absolute Gasteiger partial charge is 0.495 e. The van der Waals surface area contributed by atoms with Crippen molar-refractivity contribution in [2.24, 2.45) is 0 Å². The van der Waals surface area contributed by atoms with Crippen molar-refractivity contribution in [2.75, 3.05) is 7.11 Å². The maximum atomic E-state index is 9.10. The Kier molecular flexibility index (Phi) is 7.75. The van der Waals surface area contributed by atoms with E-state index >= 15 is 0 Å². The second-order valence-corrected chi connectivity index (χ2v) is 5.16. The zero-order valence-electron chi connectivity index (χ0n) is 12.9. The van der Waals surface area contributed by atoms with Gasteiger partial charge in [0.1, 0.15) is 11.8 Å². The smallest absolute Gasteiger partial charge is 0.136 e. The van der Waals surface area contributed by atoms with Crippen molar-refractivity contribution in [1.29, 1.82) is 5.26 Å². The predicted molar refractivity (Wildman–Crippen MR) is 82.8 cm³/mol. The van der Waals surface area contributed by atoms with Crippen LogP contribution in [0.2, 0.25) is 0 Å². The average Bonchev–Trinajstić information content (AvgIpc) is 2.49. The zero-order valence-corrected chi connectivity index (χ0v) is 12.9. The molecule has 0 aliphatic rings. The summed E-state index contributed by atoms with van der Waals surface area (Å²) in [5.41, 5.74) is 1.74. The molecule has 0 fully saturated rings. The molecule has 3 heteroatoms. The van der Waals surface area contributed by atoms with Crippen LogP contribution in [0.25, 0.3) is 0 Å². The molecule has 110 valence electrons. The van der Waals surface area contributed by atoms with Crippen LogP contribution in [0.1, 0.15) is 57.1 Å². The Morgan fingerprint density at radius 2 is 2.05 bits per heavy atom. The second kappa shape index (κ2) is 9.39. The highest BCUT2D eigenvalue weighted by Crippen LogP contribution is 2.19. The van der Waals surface area contributed by atoms with E-state index in [0.29, 0.717) is 17.4 Å². The predicted octanol–water partition coefficient (Wildman–Crippen LogP) is 4.02. The Balaban J connectivity index is 2.61. The molecule has 0 amide bonds. The number of nitrogens with zero attached hydrogens (tertiary/aromatic N) is 1. The Labute approximate surface area is 123 Å². The first-order valence-corrected chi connectivity index (χ1v) is 7.55. The molecule has 0 heterocycles. The van der Waals surface area contributed by atoms with Gasteiger partial charge in [-0.3, -0.25) is 0 Å². The fourth-order valence-corrected chi connectivity index (χ4v) is 2.36. The van der Waals surface area contributed by atoms with Crippen LogP contribution in [-0.2, 0) is 6.54 Å². The molecule has 1 aromatic carbocycles. The van der Waals surface area contributed by atoms with E-state index in [0.717, 1.165) is 12.1 Å². The Morgan fingerprint density at radius 3 is 2.65 bits per heavy atom. The molecule has 0 aliphatic heterocycles. The third-order valence-electron chi connectivity index (χ3n) is 3.52. The molecule has 0 spiro atoms. The fourth-order valence-electron chi connectivity index (χ4n) is 2.36. The highest BCUT2D eigenvalue weighted by molar-refractivity contribution is 5.45. The van der Waals surface area contributed by atoms with Gasteiger partial charge in [0, 0.05) is 12.6 Å². The van der Waals surface area contributed by atoms with Crippen molar-refractivity contribution < 1.29 is 4.74 Å². The molecule has 0 bridgehead atoms. The van der Waals surface area contributed by atoms with Gasteiger partial charge in [0.2, 0.25) is 0 Å². The molecule has 20 heavy (non-hydrogen) atoms. The van der Waals surface area contributed by atoms with Crippen LogP contribution in [0.3, 0.4) is 0 Å². The molecule has 1 N–H and O–H groups in total. The van der Waals surface area contributed by atoms with E-state index in [2.05, 4.69) is 25.2 Å². The minimum Gasteiger partial charge on any atom is -0.495 e. The summed E-state index contributed by atoms with van der Waals surface area (Å²) in [7, 11) is 1.59. The summed E-state index contributed by atoms with van der Waals surface area (Å²) < 4.78 is 5.17. The Bertz CT molecular complexity index is 437. The summed E-state index contributed by atoms with van der Waals surface area (Å²) in [5, 5.41) is 12.7. The van der Waals surface area contributed by atoms with Gasteiger partial charge in [-0.2, -0.15) is 5.26 Å². The number of benzene rings is 1. The quantitative estimate of drug-likeness (QED) is 0.740. The van der Waals surface area contributed by atoms with Crippen LogP contribution in [0.15, 0.2) is 18.2 Å². The van der Waals surface area contributed by atoms with Crippen molar-refractivity contribution in [3.05, 3.63) is 29.3 Å². The Morgan fingerprint density at radius 1 is 1.25 bits per heavy atom. The lowest BCUT2D eigenvalue weighted by Gasteiger charge is -2.18. The topological polar surface area (TPSA) is 45.0 Å². The lowest BCUT2D eigenvalue weighted by molar-refractivity contribution is 0.412. The number of unbranched alkanes of at least 4 members (excludes halogenated alkanes) is 1. The normalized spacial score (nSPS) is 11.9. The van der Waals surface area contributed by atoms with E-state index in [4.69, 9.17) is 10.00 Å². The summed E-state index contributed by atoms with van der Waals surface area (Å²) in [6, 6.07) is 8.56. The zero-order chi connectivity index (χ0) is 14.8. The molecule has 1 unspecified atom stereocenters. The summed E-state index contributed by atoms with van der Waals surface area (Å²) in [5.74, 6) is 0.646. The number of nitrogens with one attached hydrogen (secondary N) is 1. The molecule has 0 saturated carbocycles. The molecule has 1 atom stereocenters. The van der Waals surface area contributed by atoms with Gasteiger partial charge in [-0.05, 0) is 30.5 Å². The SMILES string of the molecule is CCCCC(CCC)NCc1ccc(OC)c(C#N)c1. The van der Waals surface area contributed by atoms with Gasteiger partial charge in [-0.15, -0.1) is 0 Å². The van der Waals surface area contributed by atoms with Gasteiger partial charge in [-0.25, -0.2) is 0 Å². The molecule has 1 rings (SSSR count). The van der Waals surface area contributed by atoms with Gasteiger partial charge in [0.15, 0.2) is 0 Å². The van der Waals surface area contributed by atoms with E-state index in [1.165, 1.54) is 32.1 Å². The van der Waals surface area contributed by atoms with Crippen LogP contribution in [-0.4, -0.2) is 13.2 Å². The van der Waals surface area contributed by atoms with E-state index in [1.807, 2.05) is 18.2 Å². The molecule has 0 radical (unpaired) electrons. The first-order valence-electron chi connectivity index (χ1n) is 7.55. The van der Waals surface area contributed by atoms with E-state index in [1.54, 1.807) is 7.11 Å². The summed E-state index contributed by atoms with van der Waals surface area (Å²) in [4.78, 5) is 0. The third-order valence-corrected chi connectivity index (χ3v) is 3.52. The maximum Gasteiger partial charge on any atom is 0.136 e. The molecule has 0 saturated heterocycles. The van der Waals surface area contributed by atoms with Crippen LogP contribution in [0.5, 0.6) is 5.75 Å². The van der Waals surface area contributed by atoms with Crippen LogP contribution < -0.4 is 10.1 Å². The molecule has 0 aliphatic carbocycles. The van der Waals surface area contributed by atoms with E-state index in [9.17, 15) is 0 Å². The average molecular weight is 274 g/mol. The molecule has 1 aromatic rings. The monoisotopic (exact) mass is 274 g/mol. The van der Waals surface area contributed by atoms with Crippen LogP contribution >= 0.6 is 0 Å². The lowest BCUT2D eigenvalue weighted by atomic mass is 10.0. The highest BCUT2D eigenvalue weighted by atomic mass is 16.5. The molecular weight excluding hydrogens is 248 g/mol. The highest BCUT2D eigenvalue weighted by Gasteiger charge is 2.08. The van der Waals surface area contributed by atoms with Crippen molar-refractivity contribution in [2.45, 2.75) is 58.5 Å². The van der Waals surface area contributed by atoms with Gasteiger partial charge in [0.25, 0.3) is 0 Å². The number of hydrogen-bond acceptors (Lipinski definition) is 3. The van der Waals surface area contributed by atoms with Gasteiger partial charge >= 0.3 is 0 Å². The summed E-state index contributed by atoms with van der Waals surface area (Å²) >= 11 is 0. The van der Waals surface area contributed by atoms with Crippen molar-refractivity contribution in [3.8, 4) is 11.8 Å². The van der Waals surface area contributed by atoms with Crippen LogP contribution in [0, 0.1) is 11.3 Å². The minimum absolute atomic E-state index is 0.576. The maximum absolute atomic E-state index is 9.10. The standard InChI is InChI=1S/C17H26N2O/c1-4-6-8-16(7-5-2)19-13-14-9-10-17(20-3)15(11-14)12-18/h9-11,16,19H,4-8,13H2,1-3H3.